The molecule has 0 radical (unpaired) electrons. The average molecular weight is 295 g/mol. The number of carbonyl (C=O) groups is 2. The standard InChI is InChI=1S/C12H22N2O4.ClH/c1-3-18-10(15)4-7-14-11(16)12(17-2)5-8-13-9-6-12;/h13H,3-9H2,1-2H3,(H,14,16);1H. The Bertz CT molecular complexity index is 293. The summed E-state index contributed by atoms with van der Waals surface area (Å²) in [5.74, 6) is -0.439. The lowest BCUT2D eigenvalue weighted by molar-refractivity contribution is -0.147. The van der Waals surface area contributed by atoms with Gasteiger partial charge in [-0.15, -0.1) is 12.4 Å². The van der Waals surface area contributed by atoms with Crippen molar-refractivity contribution in [3.63, 3.8) is 0 Å². The highest BCUT2D eigenvalue weighted by Crippen LogP contribution is 2.22. The van der Waals surface area contributed by atoms with Gasteiger partial charge in [-0.25, -0.2) is 0 Å². The first-order valence-electron chi connectivity index (χ1n) is 6.34. The lowest BCUT2D eigenvalue weighted by Crippen LogP contribution is -2.54. The Balaban J connectivity index is 0.00000324. The first kappa shape index (κ1) is 18.1. The molecule has 112 valence electrons. The molecule has 1 aliphatic rings. The third-order valence-corrected chi connectivity index (χ3v) is 3.14. The molecule has 1 aliphatic heterocycles. The Morgan fingerprint density at radius 1 is 1.32 bits per heavy atom. The molecule has 1 fully saturated rings. The summed E-state index contributed by atoms with van der Waals surface area (Å²) in [5.41, 5.74) is -0.750. The van der Waals surface area contributed by atoms with E-state index in [1.165, 1.54) is 0 Å². The summed E-state index contributed by atoms with van der Waals surface area (Å²) in [6.45, 7) is 3.93. The van der Waals surface area contributed by atoms with Crippen LogP contribution < -0.4 is 10.6 Å². The first-order chi connectivity index (χ1) is 8.64. The van der Waals surface area contributed by atoms with Crippen molar-refractivity contribution in [3.05, 3.63) is 0 Å². The summed E-state index contributed by atoms with van der Waals surface area (Å²) in [6.07, 6.45) is 1.49. The molecule has 0 spiro atoms. The quantitative estimate of drug-likeness (QED) is 0.687. The lowest BCUT2D eigenvalue weighted by atomic mass is 9.91. The second-order valence-electron chi connectivity index (χ2n) is 4.26. The van der Waals surface area contributed by atoms with Gasteiger partial charge in [0.05, 0.1) is 13.0 Å². The first-order valence-corrected chi connectivity index (χ1v) is 6.34. The van der Waals surface area contributed by atoms with Crippen LogP contribution in [-0.4, -0.2) is 50.8 Å². The Kier molecular flexibility index (Phi) is 8.71. The summed E-state index contributed by atoms with van der Waals surface area (Å²) in [5, 5.41) is 5.93. The summed E-state index contributed by atoms with van der Waals surface area (Å²) in [7, 11) is 1.55. The Morgan fingerprint density at radius 3 is 2.47 bits per heavy atom. The molecular formula is C12H23ClN2O4. The van der Waals surface area contributed by atoms with Gasteiger partial charge in [0.2, 0.25) is 0 Å². The van der Waals surface area contributed by atoms with Crippen LogP contribution in [0.15, 0.2) is 0 Å². The van der Waals surface area contributed by atoms with E-state index in [1.807, 2.05) is 0 Å². The number of esters is 1. The van der Waals surface area contributed by atoms with E-state index in [0.29, 0.717) is 19.4 Å². The van der Waals surface area contributed by atoms with Crippen LogP contribution in [-0.2, 0) is 19.1 Å². The summed E-state index contributed by atoms with van der Waals surface area (Å²) in [6, 6.07) is 0. The van der Waals surface area contributed by atoms with E-state index >= 15 is 0 Å². The predicted octanol–water partition coefficient (Wildman–Crippen LogP) is 0.246. The van der Waals surface area contributed by atoms with E-state index in [2.05, 4.69) is 10.6 Å². The van der Waals surface area contributed by atoms with Crippen molar-refractivity contribution in [1.29, 1.82) is 0 Å². The van der Waals surface area contributed by atoms with Gasteiger partial charge in [0, 0.05) is 13.7 Å². The fourth-order valence-corrected chi connectivity index (χ4v) is 2.03. The number of ether oxygens (including phenoxy) is 2. The van der Waals surface area contributed by atoms with Gasteiger partial charge in [-0.2, -0.15) is 0 Å². The molecule has 0 aromatic heterocycles. The van der Waals surface area contributed by atoms with Crippen LogP contribution in [0.25, 0.3) is 0 Å². The molecule has 1 heterocycles. The normalized spacial score (nSPS) is 17.2. The zero-order chi connectivity index (χ0) is 13.4. The molecule has 1 rings (SSSR count). The molecule has 0 bridgehead atoms. The van der Waals surface area contributed by atoms with Gasteiger partial charge in [0.15, 0.2) is 0 Å². The number of nitrogens with one attached hydrogen (secondary N) is 2. The van der Waals surface area contributed by atoms with E-state index in [0.717, 1.165) is 13.1 Å². The van der Waals surface area contributed by atoms with Crippen molar-refractivity contribution < 1.29 is 19.1 Å². The number of hydrogen-bond acceptors (Lipinski definition) is 5. The highest BCUT2D eigenvalue weighted by molar-refractivity contribution is 5.86. The van der Waals surface area contributed by atoms with Crippen LogP contribution in [0.5, 0.6) is 0 Å². The van der Waals surface area contributed by atoms with E-state index < -0.39 is 5.60 Å². The molecule has 0 saturated carbocycles. The number of amides is 1. The van der Waals surface area contributed by atoms with Crippen molar-refractivity contribution in [3.8, 4) is 0 Å². The number of piperidine rings is 1. The van der Waals surface area contributed by atoms with Crippen molar-refractivity contribution in [2.75, 3.05) is 33.4 Å². The minimum atomic E-state index is -0.750. The number of methoxy groups -OCH3 is 1. The van der Waals surface area contributed by atoms with Crippen LogP contribution in [0.4, 0.5) is 0 Å². The fraction of sp³-hybridized carbons (Fsp3) is 0.833. The van der Waals surface area contributed by atoms with Gasteiger partial charge in [-0.3, -0.25) is 9.59 Å². The number of halogens is 1. The molecule has 19 heavy (non-hydrogen) atoms. The molecule has 6 nitrogen and oxygen atoms in total. The second kappa shape index (κ2) is 9.12. The minimum Gasteiger partial charge on any atom is -0.466 e. The third kappa shape index (κ3) is 5.34. The largest absolute Gasteiger partial charge is 0.466 e. The molecule has 1 amide bonds. The monoisotopic (exact) mass is 294 g/mol. The topological polar surface area (TPSA) is 76.7 Å². The van der Waals surface area contributed by atoms with Gasteiger partial charge >= 0.3 is 5.97 Å². The maximum absolute atomic E-state index is 12.1. The van der Waals surface area contributed by atoms with Crippen LogP contribution in [0, 0.1) is 0 Å². The SMILES string of the molecule is CCOC(=O)CCNC(=O)C1(OC)CCNCC1.Cl. The van der Waals surface area contributed by atoms with Crippen molar-refractivity contribution in [2.45, 2.75) is 31.8 Å². The highest BCUT2D eigenvalue weighted by atomic mass is 35.5. The molecule has 1 saturated heterocycles. The minimum absolute atomic E-state index is 0. The van der Waals surface area contributed by atoms with Crippen LogP contribution in [0.2, 0.25) is 0 Å². The summed E-state index contributed by atoms with van der Waals surface area (Å²) >= 11 is 0. The molecule has 0 unspecified atom stereocenters. The molecule has 2 N–H and O–H groups in total. The lowest BCUT2D eigenvalue weighted by Gasteiger charge is -2.34. The zero-order valence-corrected chi connectivity index (χ0v) is 12.3. The van der Waals surface area contributed by atoms with Gasteiger partial charge in [-0.1, -0.05) is 0 Å². The second-order valence-corrected chi connectivity index (χ2v) is 4.26. The van der Waals surface area contributed by atoms with Crippen molar-refractivity contribution >= 4 is 24.3 Å². The van der Waals surface area contributed by atoms with Gasteiger partial charge in [-0.05, 0) is 32.9 Å². The molecular weight excluding hydrogens is 272 g/mol. The molecule has 0 atom stereocenters. The average Bonchev–Trinajstić information content (AvgIpc) is 2.39. The van der Waals surface area contributed by atoms with Gasteiger partial charge < -0.3 is 20.1 Å². The van der Waals surface area contributed by atoms with Crippen LogP contribution >= 0.6 is 12.4 Å². The summed E-state index contributed by atoms with van der Waals surface area (Å²) in [4.78, 5) is 23.2. The van der Waals surface area contributed by atoms with Crippen molar-refractivity contribution in [1.82, 2.24) is 10.6 Å². The number of rotatable bonds is 6. The van der Waals surface area contributed by atoms with Crippen molar-refractivity contribution in [2.24, 2.45) is 0 Å². The van der Waals surface area contributed by atoms with E-state index in [1.54, 1.807) is 14.0 Å². The molecule has 0 aromatic rings. The maximum atomic E-state index is 12.1. The molecule has 0 aromatic carbocycles. The van der Waals surface area contributed by atoms with Crippen LogP contribution in [0.1, 0.15) is 26.2 Å². The predicted molar refractivity (Wildman–Crippen MR) is 73.4 cm³/mol. The van der Waals surface area contributed by atoms with E-state index in [-0.39, 0.29) is 37.2 Å². The molecule has 0 aliphatic carbocycles. The maximum Gasteiger partial charge on any atom is 0.307 e. The fourth-order valence-electron chi connectivity index (χ4n) is 2.03. The number of hydrogen-bond donors (Lipinski definition) is 2. The Hall–Kier alpha value is -0.850. The smallest absolute Gasteiger partial charge is 0.307 e. The molecule has 7 heteroatoms. The van der Waals surface area contributed by atoms with Gasteiger partial charge in [0.25, 0.3) is 5.91 Å². The van der Waals surface area contributed by atoms with Gasteiger partial charge in [0.1, 0.15) is 5.60 Å². The third-order valence-electron chi connectivity index (χ3n) is 3.14. The van der Waals surface area contributed by atoms with E-state index in [4.69, 9.17) is 9.47 Å². The van der Waals surface area contributed by atoms with Crippen LogP contribution in [0.3, 0.4) is 0 Å². The Labute approximate surface area is 120 Å². The number of carbonyl (C=O) groups excluding carboxylic acids is 2. The van der Waals surface area contributed by atoms with E-state index in [9.17, 15) is 9.59 Å². The zero-order valence-electron chi connectivity index (χ0n) is 11.5. The summed E-state index contributed by atoms with van der Waals surface area (Å²) < 4.78 is 10.2. The Morgan fingerprint density at radius 2 is 1.95 bits per heavy atom. The highest BCUT2D eigenvalue weighted by Gasteiger charge is 2.39.